The van der Waals surface area contributed by atoms with Crippen molar-refractivity contribution < 1.29 is 10.0 Å². The number of imidazole rings is 1. The summed E-state index contributed by atoms with van der Waals surface area (Å²) in [5.74, 6) is -0.0787. The maximum Gasteiger partial charge on any atom is 0.340 e. The molecule has 0 spiro atoms. The predicted octanol–water partition coefficient (Wildman–Crippen LogP) is 0.316. The summed E-state index contributed by atoms with van der Waals surface area (Å²) in [5, 5.41) is 17.4. The highest BCUT2D eigenvalue weighted by atomic mass is 16.6. The number of nitrogens with zero attached hydrogens (tertiary/aromatic N) is 2. The number of rotatable bonds is 1. The molecule has 0 saturated heterocycles. The van der Waals surface area contributed by atoms with Crippen LogP contribution in [0, 0.1) is 10.1 Å². The molecule has 0 saturated carbocycles. The van der Waals surface area contributed by atoms with Crippen molar-refractivity contribution in [2.45, 2.75) is 6.92 Å². The summed E-state index contributed by atoms with van der Waals surface area (Å²) < 4.78 is 0. The smallest absolute Gasteiger partial charge is 0.340 e. The van der Waals surface area contributed by atoms with E-state index in [2.05, 4.69) is 9.97 Å². The summed E-state index contributed by atoms with van der Waals surface area (Å²) in [4.78, 5) is 15.0. The van der Waals surface area contributed by atoms with Gasteiger partial charge in [0.05, 0.1) is 0 Å². The Hall–Kier alpha value is -1.43. The Kier molecular flexibility index (Phi) is 4.67. The van der Waals surface area contributed by atoms with E-state index >= 15 is 0 Å². The lowest BCUT2D eigenvalue weighted by Crippen LogP contribution is -1.85. The van der Waals surface area contributed by atoms with E-state index < -0.39 is 4.92 Å². The average Bonchev–Trinajstić information content (AvgIpc) is 2.38. The van der Waals surface area contributed by atoms with Gasteiger partial charge in [-0.1, -0.05) is 0 Å². The lowest BCUT2D eigenvalue weighted by Gasteiger charge is -1.83. The van der Waals surface area contributed by atoms with E-state index in [-0.39, 0.29) is 12.4 Å². The second kappa shape index (κ2) is 5.36. The Balaban J connectivity index is 0.000000292. The van der Waals surface area contributed by atoms with E-state index in [1.165, 1.54) is 6.33 Å². The van der Waals surface area contributed by atoms with Crippen LogP contribution >= 0.6 is 0 Å². The number of nitro groups is 1. The SMILES string of the molecule is CCO.O=[N+]([O-])c1cnc[nH]1. The molecule has 0 fully saturated rings. The summed E-state index contributed by atoms with van der Waals surface area (Å²) in [6.07, 6.45) is 2.41. The monoisotopic (exact) mass is 159 g/mol. The fourth-order valence-electron chi connectivity index (χ4n) is 0.348. The highest BCUT2D eigenvalue weighted by Gasteiger charge is 1.99. The highest BCUT2D eigenvalue weighted by Crippen LogP contribution is 1.99. The molecule has 6 heteroatoms. The number of aliphatic hydroxyl groups is 1. The summed E-state index contributed by atoms with van der Waals surface area (Å²) in [7, 11) is 0. The minimum Gasteiger partial charge on any atom is -0.397 e. The van der Waals surface area contributed by atoms with Crippen molar-refractivity contribution in [2.24, 2.45) is 0 Å². The molecular formula is C5H9N3O3. The van der Waals surface area contributed by atoms with Crippen LogP contribution in [0.15, 0.2) is 12.5 Å². The third-order valence-electron chi connectivity index (χ3n) is 0.680. The van der Waals surface area contributed by atoms with Gasteiger partial charge < -0.3 is 15.2 Å². The lowest BCUT2D eigenvalue weighted by atomic mass is 10.8. The molecule has 62 valence electrons. The van der Waals surface area contributed by atoms with Crippen molar-refractivity contribution in [2.75, 3.05) is 6.61 Å². The second-order valence-electron chi connectivity index (χ2n) is 1.51. The molecule has 0 radical (unpaired) electrons. The van der Waals surface area contributed by atoms with Crippen molar-refractivity contribution in [3.05, 3.63) is 22.6 Å². The highest BCUT2D eigenvalue weighted by molar-refractivity contribution is 5.09. The molecule has 6 nitrogen and oxygen atoms in total. The van der Waals surface area contributed by atoms with Gasteiger partial charge in [-0.3, -0.25) is 0 Å². The van der Waals surface area contributed by atoms with E-state index in [1.54, 1.807) is 6.92 Å². The quantitative estimate of drug-likeness (QED) is 0.455. The zero-order chi connectivity index (χ0) is 8.69. The topological polar surface area (TPSA) is 92.0 Å². The first-order chi connectivity index (χ1) is 5.22. The first-order valence-electron chi connectivity index (χ1n) is 2.96. The molecule has 1 rings (SSSR count). The summed E-state index contributed by atoms with van der Waals surface area (Å²) in [6.45, 7) is 1.93. The van der Waals surface area contributed by atoms with Gasteiger partial charge in [0.2, 0.25) is 0 Å². The number of aliphatic hydroxyl groups excluding tert-OH is 1. The van der Waals surface area contributed by atoms with Crippen molar-refractivity contribution >= 4 is 5.82 Å². The molecule has 0 aromatic carbocycles. The van der Waals surface area contributed by atoms with Crippen molar-refractivity contribution in [3.63, 3.8) is 0 Å². The van der Waals surface area contributed by atoms with E-state index in [0.29, 0.717) is 0 Å². The fraction of sp³-hybridized carbons (Fsp3) is 0.400. The minimum atomic E-state index is -0.535. The number of aromatic amines is 1. The number of hydrogen-bond donors (Lipinski definition) is 2. The lowest BCUT2D eigenvalue weighted by molar-refractivity contribution is -0.389. The molecule has 0 aliphatic carbocycles. The van der Waals surface area contributed by atoms with Crippen LogP contribution in [-0.4, -0.2) is 26.6 Å². The van der Waals surface area contributed by atoms with Gasteiger partial charge in [-0.05, 0) is 11.8 Å². The van der Waals surface area contributed by atoms with E-state index in [1.807, 2.05) is 0 Å². The maximum absolute atomic E-state index is 9.80. The standard InChI is InChI=1S/C3H3N3O2.C2H6O/c7-6(8)3-1-4-2-5-3;1-2-3/h1-2H,(H,4,5);3H,2H2,1H3. The van der Waals surface area contributed by atoms with E-state index in [0.717, 1.165) is 6.20 Å². The van der Waals surface area contributed by atoms with Gasteiger partial charge in [-0.25, -0.2) is 9.97 Å². The molecule has 0 unspecified atom stereocenters. The van der Waals surface area contributed by atoms with E-state index in [4.69, 9.17) is 5.11 Å². The first kappa shape index (κ1) is 9.57. The van der Waals surface area contributed by atoms with Crippen LogP contribution in [0.3, 0.4) is 0 Å². The van der Waals surface area contributed by atoms with Gasteiger partial charge in [0.25, 0.3) is 0 Å². The molecule has 1 heterocycles. The Morgan fingerprint density at radius 2 is 2.45 bits per heavy atom. The Bertz CT molecular complexity index is 197. The first-order valence-corrected chi connectivity index (χ1v) is 2.96. The minimum absolute atomic E-state index is 0.0787. The zero-order valence-corrected chi connectivity index (χ0v) is 6.02. The Labute approximate surface area is 63.0 Å². The average molecular weight is 159 g/mol. The third kappa shape index (κ3) is 4.04. The van der Waals surface area contributed by atoms with Crippen LogP contribution in [0.4, 0.5) is 5.82 Å². The summed E-state index contributed by atoms with van der Waals surface area (Å²) in [5.41, 5.74) is 0. The Morgan fingerprint density at radius 1 is 1.91 bits per heavy atom. The molecule has 11 heavy (non-hydrogen) atoms. The van der Waals surface area contributed by atoms with Gasteiger partial charge in [-0.15, -0.1) is 0 Å². The van der Waals surface area contributed by atoms with Gasteiger partial charge >= 0.3 is 5.82 Å². The van der Waals surface area contributed by atoms with Crippen molar-refractivity contribution in [1.29, 1.82) is 0 Å². The molecule has 0 bridgehead atoms. The molecule has 1 aromatic heterocycles. The van der Waals surface area contributed by atoms with Crippen molar-refractivity contribution in [3.8, 4) is 0 Å². The summed E-state index contributed by atoms with van der Waals surface area (Å²) in [6, 6.07) is 0. The van der Waals surface area contributed by atoms with Crippen LogP contribution < -0.4 is 0 Å². The Morgan fingerprint density at radius 3 is 2.64 bits per heavy atom. The second-order valence-corrected chi connectivity index (χ2v) is 1.51. The van der Waals surface area contributed by atoms with Crippen molar-refractivity contribution in [1.82, 2.24) is 9.97 Å². The van der Waals surface area contributed by atoms with Crippen LogP contribution in [-0.2, 0) is 0 Å². The van der Waals surface area contributed by atoms with Crippen LogP contribution in [0.2, 0.25) is 0 Å². The van der Waals surface area contributed by atoms with Gasteiger partial charge in [-0.2, -0.15) is 0 Å². The molecule has 0 amide bonds. The van der Waals surface area contributed by atoms with Crippen LogP contribution in [0.25, 0.3) is 0 Å². The molecule has 2 N–H and O–H groups in total. The normalized spacial score (nSPS) is 8.18. The van der Waals surface area contributed by atoms with Gasteiger partial charge in [0.15, 0.2) is 6.33 Å². The molecular weight excluding hydrogens is 150 g/mol. The molecule has 1 aromatic rings. The fourth-order valence-corrected chi connectivity index (χ4v) is 0.348. The largest absolute Gasteiger partial charge is 0.397 e. The predicted molar refractivity (Wildman–Crippen MR) is 38.0 cm³/mol. The van der Waals surface area contributed by atoms with Gasteiger partial charge in [0, 0.05) is 6.61 Å². The molecule has 0 atom stereocenters. The van der Waals surface area contributed by atoms with Gasteiger partial charge in [0.1, 0.15) is 6.20 Å². The number of nitrogens with one attached hydrogen (secondary N) is 1. The number of hydrogen-bond acceptors (Lipinski definition) is 4. The summed E-state index contributed by atoms with van der Waals surface area (Å²) >= 11 is 0. The number of aromatic nitrogens is 2. The van der Waals surface area contributed by atoms with Crippen LogP contribution in [0.5, 0.6) is 0 Å². The van der Waals surface area contributed by atoms with Crippen LogP contribution in [0.1, 0.15) is 6.92 Å². The third-order valence-corrected chi connectivity index (χ3v) is 0.680. The maximum atomic E-state index is 9.80. The van der Waals surface area contributed by atoms with E-state index in [9.17, 15) is 10.1 Å². The molecule has 0 aliphatic rings. The number of H-pyrrole nitrogens is 1. The molecule has 0 aliphatic heterocycles. The zero-order valence-electron chi connectivity index (χ0n) is 6.02.